The Kier molecular flexibility index (Phi) is 5.58. The lowest BCUT2D eigenvalue weighted by molar-refractivity contribution is -0.118. The van der Waals surface area contributed by atoms with Crippen molar-refractivity contribution >= 4 is 56.3 Å². The van der Waals surface area contributed by atoms with E-state index in [0.29, 0.717) is 32.1 Å². The molecule has 0 saturated heterocycles. The first kappa shape index (κ1) is 19.5. The van der Waals surface area contributed by atoms with Crippen LogP contribution in [0.4, 0.5) is 5.69 Å². The molecule has 8 heteroatoms. The van der Waals surface area contributed by atoms with Gasteiger partial charge in [0.1, 0.15) is 16.5 Å². The maximum atomic E-state index is 12.3. The van der Waals surface area contributed by atoms with Gasteiger partial charge in [-0.1, -0.05) is 35.3 Å². The monoisotopic (exact) mass is 444 g/mol. The van der Waals surface area contributed by atoms with Crippen LogP contribution >= 0.6 is 34.5 Å². The largest absolute Gasteiger partial charge is 0.507 e. The van der Waals surface area contributed by atoms with Gasteiger partial charge in [0.2, 0.25) is 0 Å². The maximum absolute atomic E-state index is 12.3. The number of nitrogens with one attached hydrogen (secondary N) is 1. The van der Waals surface area contributed by atoms with Gasteiger partial charge in [0, 0.05) is 10.7 Å². The van der Waals surface area contributed by atoms with E-state index in [9.17, 15) is 9.90 Å². The Hall–Kier alpha value is -2.80. The molecule has 0 spiro atoms. The van der Waals surface area contributed by atoms with Crippen LogP contribution in [0.5, 0.6) is 11.5 Å². The number of para-hydroxylation sites is 1. The quantitative estimate of drug-likeness (QED) is 0.370. The molecule has 5 nitrogen and oxygen atoms in total. The number of aromatic hydroxyl groups is 1. The zero-order valence-corrected chi connectivity index (χ0v) is 17.2. The van der Waals surface area contributed by atoms with Crippen LogP contribution in [0.1, 0.15) is 0 Å². The number of nitrogens with zero attached hydrogens (tertiary/aromatic N) is 1. The second kappa shape index (κ2) is 8.29. The van der Waals surface area contributed by atoms with Crippen molar-refractivity contribution in [3.63, 3.8) is 0 Å². The number of hydrogen-bond donors (Lipinski definition) is 2. The molecule has 146 valence electrons. The highest BCUT2D eigenvalue weighted by atomic mass is 35.5. The first-order chi connectivity index (χ1) is 14.0. The van der Waals surface area contributed by atoms with Crippen LogP contribution in [-0.4, -0.2) is 22.6 Å². The average molecular weight is 445 g/mol. The molecule has 2 N–H and O–H groups in total. The van der Waals surface area contributed by atoms with E-state index in [1.807, 2.05) is 24.3 Å². The van der Waals surface area contributed by atoms with Gasteiger partial charge in [-0.25, -0.2) is 4.98 Å². The molecule has 0 saturated carbocycles. The lowest BCUT2D eigenvalue weighted by Gasteiger charge is -2.10. The van der Waals surface area contributed by atoms with Gasteiger partial charge in [0.05, 0.1) is 20.8 Å². The van der Waals surface area contributed by atoms with Gasteiger partial charge < -0.3 is 15.2 Å². The first-order valence-electron chi connectivity index (χ1n) is 8.56. The highest BCUT2D eigenvalue weighted by molar-refractivity contribution is 7.21. The second-order valence-electron chi connectivity index (χ2n) is 6.13. The van der Waals surface area contributed by atoms with Crippen LogP contribution in [-0.2, 0) is 4.79 Å². The number of anilines is 1. The van der Waals surface area contributed by atoms with Gasteiger partial charge in [0.25, 0.3) is 5.91 Å². The van der Waals surface area contributed by atoms with Crippen LogP contribution in [0, 0.1) is 0 Å². The topological polar surface area (TPSA) is 71.5 Å². The third-order valence-electron chi connectivity index (χ3n) is 4.06. The molecular formula is C21H14Cl2N2O3S. The molecule has 0 aliphatic rings. The third-order valence-corrected chi connectivity index (χ3v) is 5.66. The van der Waals surface area contributed by atoms with Crippen LogP contribution in [0.2, 0.25) is 10.0 Å². The molecule has 0 fully saturated rings. The van der Waals surface area contributed by atoms with Crippen molar-refractivity contribution in [2.45, 2.75) is 0 Å². The number of aromatic nitrogens is 1. The predicted molar refractivity (Wildman–Crippen MR) is 117 cm³/mol. The van der Waals surface area contributed by atoms with Crippen molar-refractivity contribution in [3.8, 4) is 22.1 Å². The van der Waals surface area contributed by atoms with E-state index in [-0.39, 0.29) is 18.3 Å². The molecule has 0 radical (unpaired) electrons. The first-order valence-corrected chi connectivity index (χ1v) is 10.1. The molecule has 4 rings (SSSR count). The number of amides is 1. The number of phenolic OH excluding ortho intramolecular Hbond substituents is 1. The number of halogens is 2. The van der Waals surface area contributed by atoms with E-state index in [4.69, 9.17) is 27.9 Å². The number of carbonyl (C=O) groups excluding carboxylic acids is 1. The molecular weight excluding hydrogens is 431 g/mol. The minimum Gasteiger partial charge on any atom is -0.507 e. The molecule has 0 aliphatic heterocycles. The summed E-state index contributed by atoms with van der Waals surface area (Å²) in [4.78, 5) is 16.8. The fourth-order valence-corrected chi connectivity index (χ4v) is 4.16. The molecule has 29 heavy (non-hydrogen) atoms. The van der Waals surface area contributed by atoms with Gasteiger partial charge >= 0.3 is 0 Å². The fourth-order valence-electron chi connectivity index (χ4n) is 2.71. The minimum absolute atomic E-state index is 0.0891. The smallest absolute Gasteiger partial charge is 0.262 e. The molecule has 1 amide bonds. The molecule has 3 aromatic carbocycles. The molecule has 0 unspecified atom stereocenters. The van der Waals surface area contributed by atoms with E-state index in [1.54, 1.807) is 30.3 Å². The van der Waals surface area contributed by atoms with E-state index >= 15 is 0 Å². The van der Waals surface area contributed by atoms with Crippen molar-refractivity contribution < 1.29 is 14.6 Å². The van der Waals surface area contributed by atoms with Crippen LogP contribution < -0.4 is 10.1 Å². The Morgan fingerprint density at radius 1 is 1.10 bits per heavy atom. The number of phenols is 1. The van der Waals surface area contributed by atoms with Gasteiger partial charge in [-0.15, -0.1) is 11.3 Å². The van der Waals surface area contributed by atoms with Crippen molar-refractivity contribution in [2.75, 3.05) is 11.9 Å². The fraction of sp³-hybridized carbons (Fsp3) is 0.0476. The summed E-state index contributed by atoms with van der Waals surface area (Å²) in [6, 6.07) is 17.3. The second-order valence-corrected chi connectivity index (χ2v) is 8.00. The molecule has 0 bridgehead atoms. The van der Waals surface area contributed by atoms with E-state index in [1.165, 1.54) is 17.4 Å². The molecule has 1 aromatic heterocycles. The molecule has 0 atom stereocenters. The Morgan fingerprint density at radius 3 is 2.72 bits per heavy atom. The van der Waals surface area contributed by atoms with Gasteiger partial charge in [0.15, 0.2) is 6.61 Å². The van der Waals surface area contributed by atoms with E-state index < -0.39 is 0 Å². The van der Waals surface area contributed by atoms with Gasteiger partial charge in [-0.3, -0.25) is 4.79 Å². The zero-order chi connectivity index (χ0) is 20.4. The van der Waals surface area contributed by atoms with Crippen LogP contribution in [0.25, 0.3) is 20.8 Å². The lowest BCUT2D eigenvalue weighted by Crippen LogP contribution is -2.20. The highest BCUT2D eigenvalue weighted by Gasteiger charge is 2.13. The zero-order valence-electron chi connectivity index (χ0n) is 14.9. The third kappa shape index (κ3) is 4.45. The summed E-state index contributed by atoms with van der Waals surface area (Å²) in [7, 11) is 0. The predicted octanol–water partition coefficient (Wildman–Crippen LogP) is 5.99. The number of carbonyl (C=O) groups is 1. The molecule has 0 aliphatic carbocycles. The Balaban J connectivity index is 1.49. The summed E-state index contributed by atoms with van der Waals surface area (Å²) in [5.74, 6) is 0.0929. The lowest BCUT2D eigenvalue weighted by atomic mass is 10.2. The molecule has 1 heterocycles. The summed E-state index contributed by atoms with van der Waals surface area (Å²) in [5.41, 5.74) is 1.92. The van der Waals surface area contributed by atoms with Crippen LogP contribution in [0.15, 0.2) is 60.7 Å². The van der Waals surface area contributed by atoms with Crippen molar-refractivity contribution in [3.05, 3.63) is 70.7 Å². The minimum atomic E-state index is -0.364. The summed E-state index contributed by atoms with van der Waals surface area (Å²) in [6.07, 6.45) is 0. The highest BCUT2D eigenvalue weighted by Crippen LogP contribution is 2.36. The normalized spacial score (nSPS) is 10.8. The SMILES string of the molecule is O=C(COc1ccc(Cl)cc1Cl)Nc1ccc(O)c(-c2nc3ccccc3s2)c1. The number of ether oxygens (including phenoxy) is 1. The van der Waals surface area contributed by atoms with Crippen molar-refractivity contribution in [1.82, 2.24) is 4.98 Å². The van der Waals surface area contributed by atoms with Crippen molar-refractivity contribution in [2.24, 2.45) is 0 Å². The maximum Gasteiger partial charge on any atom is 0.262 e. The summed E-state index contributed by atoms with van der Waals surface area (Å²) >= 11 is 13.4. The molecule has 4 aromatic rings. The Morgan fingerprint density at radius 2 is 1.93 bits per heavy atom. The van der Waals surface area contributed by atoms with E-state index in [0.717, 1.165) is 10.2 Å². The summed E-state index contributed by atoms with van der Waals surface area (Å²) in [5, 5.41) is 14.5. The number of hydrogen-bond acceptors (Lipinski definition) is 5. The van der Waals surface area contributed by atoms with E-state index in [2.05, 4.69) is 10.3 Å². The van der Waals surface area contributed by atoms with Gasteiger partial charge in [-0.05, 0) is 48.5 Å². The average Bonchev–Trinajstić information content (AvgIpc) is 3.13. The Labute approximate surface area is 180 Å². The number of rotatable bonds is 5. The number of fused-ring (bicyclic) bond motifs is 1. The summed E-state index contributed by atoms with van der Waals surface area (Å²) < 4.78 is 6.46. The standard InChI is InChI=1S/C21H14Cl2N2O3S/c22-12-5-8-18(15(23)9-12)28-11-20(27)24-13-6-7-17(26)14(10-13)21-25-16-3-1-2-4-19(16)29-21/h1-10,26H,11H2,(H,24,27). The van der Waals surface area contributed by atoms with Crippen LogP contribution in [0.3, 0.4) is 0 Å². The van der Waals surface area contributed by atoms with Crippen molar-refractivity contribution in [1.29, 1.82) is 0 Å². The summed E-state index contributed by atoms with van der Waals surface area (Å²) in [6.45, 7) is -0.224. The Bertz CT molecular complexity index is 1180. The number of benzene rings is 3. The number of thiazole rings is 1. The van der Waals surface area contributed by atoms with Gasteiger partial charge in [-0.2, -0.15) is 0 Å².